The van der Waals surface area contributed by atoms with Gasteiger partial charge in [0.2, 0.25) is 10.0 Å². The standard InChI is InChI=1S/C10H16ClN3O2S2/c1-9-8-17-5-4-14(9)18(15,16)10-6-12-13(7-10)3-2-11/h6-7,9H,2-5,8H2,1H3. The lowest BCUT2D eigenvalue weighted by Crippen LogP contribution is -2.44. The van der Waals surface area contributed by atoms with Crippen LogP contribution in [0, 0.1) is 0 Å². The van der Waals surface area contributed by atoms with E-state index in [4.69, 9.17) is 11.6 Å². The molecule has 1 atom stereocenters. The van der Waals surface area contributed by atoms with Crippen LogP contribution in [0.1, 0.15) is 6.92 Å². The Bertz CT molecular complexity index is 503. The molecule has 1 saturated heterocycles. The molecule has 0 saturated carbocycles. The third kappa shape index (κ3) is 2.84. The van der Waals surface area contributed by atoms with Gasteiger partial charge in [-0.1, -0.05) is 0 Å². The van der Waals surface area contributed by atoms with Crippen molar-refractivity contribution in [1.82, 2.24) is 14.1 Å². The summed E-state index contributed by atoms with van der Waals surface area (Å²) >= 11 is 7.39. The van der Waals surface area contributed by atoms with Gasteiger partial charge in [0.25, 0.3) is 0 Å². The van der Waals surface area contributed by atoms with E-state index in [0.717, 1.165) is 11.5 Å². The van der Waals surface area contributed by atoms with E-state index in [2.05, 4.69) is 5.10 Å². The molecule has 0 bridgehead atoms. The van der Waals surface area contributed by atoms with E-state index < -0.39 is 10.0 Å². The highest BCUT2D eigenvalue weighted by Gasteiger charge is 2.32. The van der Waals surface area contributed by atoms with Gasteiger partial charge in [0, 0.05) is 36.2 Å². The number of thioether (sulfide) groups is 1. The maximum absolute atomic E-state index is 12.4. The quantitative estimate of drug-likeness (QED) is 0.786. The van der Waals surface area contributed by atoms with Crippen LogP contribution < -0.4 is 0 Å². The molecule has 1 unspecified atom stereocenters. The maximum atomic E-state index is 12.4. The number of rotatable bonds is 4. The van der Waals surface area contributed by atoms with Gasteiger partial charge >= 0.3 is 0 Å². The molecular weight excluding hydrogens is 294 g/mol. The fraction of sp³-hybridized carbons (Fsp3) is 0.700. The predicted octanol–water partition coefficient (Wildman–Crippen LogP) is 1.25. The van der Waals surface area contributed by atoms with Crippen LogP contribution >= 0.6 is 23.4 Å². The van der Waals surface area contributed by atoms with Crippen molar-refractivity contribution in [2.75, 3.05) is 23.9 Å². The predicted molar refractivity (Wildman–Crippen MR) is 73.6 cm³/mol. The maximum Gasteiger partial charge on any atom is 0.246 e. The molecule has 0 aliphatic carbocycles. The molecule has 1 aliphatic heterocycles. The first-order valence-corrected chi connectivity index (χ1v) is 8.86. The van der Waals surface area contributed by atoms with Crippen molar-refractivity contribution in [1.29, 1.82) is 0 Å². The largest absolute Gasteiger partial charge is 0.270 e. The molecule has 102 valence electrons. The van der Waals surface area contributed by atoms with Gasteiger partial charge in [0.15, 0.2) is 0 Å². The van der Waals surface area contributed by atoms with Crippen LogP contribution in [0.25, 0.3) is 0 Å². The van der Waals surface area contributed by atoms with E-state index in [0.29, 0.717) is 19.0 Å². The van der Waals surface area contributed by atoms with Crippen LogP contribution in [0.5, 0.6) is 0 Å². The lowest BCUT2D eigenvalue weighted by molar-refractivity contribution is 0.367. The molecular formula is C10H16ClN3O2S2. The first kappa shape index (κ1) is 14.2. The summed E-state index contributed by atoms with van der Waals surface area (Å²) in [6, 6.07) is 0.0325. The van der Waals surface area contributed by atoms with Gasteiger partial charge in [-0.2, -0.15) is 21.2 Å². The third-order valence-electron chi connectivity index (χ3n) is 2.84. The Morgan fingerprint density at radius 2 is 2.39 bits per heavy atom. The number of hydrogen-bond donors (Lipinski definition) is 0. The van der Waals surface area contributed by atoms with Crippen LogP contribution in [0.3, 0.4) is 0 Å². The Morgan fingerprint density at radius 3 is 3.06 bits per heavy atom. The van der Waals surface area contributed by atoms with Crippen LogP contribution in [-0.4, -0.2) is 52.5 Å². The van der Waals surface area contributed by atoms with Crippen LogP contribution in [-0.2, 0) is 16.6 Å². The second-order valence-corrected chi connectivity index (χ2v) is 7.59. The Morgan fingerprint density at radius 1 is 1.61 bits per heavy atom. The number of aryl methyl sites for hydroxylation is 1. The van der Waals surface area contributed by atoms with Crippen LogP contribution in [0.2, 0.25) is 0 Å². The van der Waals surface area contributed by atoms with Gasteiger partial charge in [0.05, 0.1) is 12.7 Å². The summed E-state index contributed by atoms with van der Waals surface area (Å²) in [7, 11) is -3.42. The molecule has 8 heteroatoms. The van der Waals surface area contributed by atoms with Crippen molar-refractivity contribution in [3.8, 4) is 0 Å². The first-order valence-electron chi connectivity index (χ1n) is 5.73. The SMILES string of the molecule is CC1CSCCN1S(=O)(=O)c1cnn(CCCl)c1. The Hall–Kier alpha value is -0.240. The van der Waals surface area contributed by atoms with Crippen molar-refractivity contribution >= 4 is 33.4 Å². The summed E-state index contributed by atoms with van der Waals surface area (Å²) in [5, 5.41) is 4.01. The van der Waals surface area contributed by atoms with Gasteiger partial charge in [-0.3, -0.25) is 4.68 Å². The van der Waals surface area contributed by atoms with Gasteiger partial charge in [-0.05, 0) is 6.92 Å². The molecule has 1 aromatic rings. The molecule has 1 fully saturated rings. The highest BCUT2D eigenvalue weighted by atomic mass is 35.5. The minimum Gasteiger partial charge on any atom is -0.270 e. The van der Waals surface area contributed by atoms with E-state index in [1.54, 1.807) is 26.9 Å². The summed E-state index contributed by atoms with van der Waals surface area (Å²) < 4.78 is 28.0. The van der Waals surface area contributed by atoms with Gasteiger partial charge in [-0.15, -0.1) is 11.6 Å². The first-order chi connectivity index (χ1) is 8.55. The zero-order valence-electron chi connectivity index (χ0n) is 10.1. The van der Waals surface area contributed by atoms with E-state index in [9.17, 15) is 8.42 Å². The van der Waals surface area contributed by atoms with Crippen molar-refractivity contribution in [2.24, 2.45) is 0 Å². The minimum atomic E-state index is -3.42. The average Bonchev–Trinajstić information content (AvgIpc) is 2.79. The summed E-state index contributed by atoms with van der Waals surface area (Å²) in [6.45, 7) is 3.02. The molecule has 0 N–H and O–H groups in total. The second-order valence-electron chi connectivity index (χ2n) is 4.17. The van der Waals surface area contributed by atoms with Gasteiger partial charge in [-0.25, -0.2) is 8.42 Å². The molecule has 0 spiro atoms. The Kier molecular flexibility index (Phi) is 4.58. The lowest BCUT2D eigenvalue weighted by atomic mass is 10.4. The number of alkyl halides is 1. The van der Waals surface area contributed by atoms with Crippen molar-refractivity contribution < 1.29 is 8.42 Å². The smallest absolute Gasteiger partial charge is 0.246 e. The fourth-order valence-corrected chi connectivity index (χ4v) is 4.87. The monoisotopic (exact) mass is 309 g/mol. The molecule has 1 aliphatic rings. The second kappa shape index (κ2) is 5.81. The number of halogens is 1. The van der Waals surface area contributed by atoms with Crippen LogP contribution in [0.15, 0.2) is 17.3 Å². The highest BCUT2D eigenvalue weighted by molar-refractivity contribution is 7.99. The molecule has 5 nitrogen and oxygen atoms in total. The zero-order valence-corrected chi connectivity index (χ0v) is 12.5. The van der Waals surface area contributed by atoms with E-state index in [1.165, 1.54) is 6.20 Å². The number of sulfonamides is 1. The zero-order chi connectivity index (χ0) is 13.2. The highest BCUT2D eigenvalue weighted by Crippen LogP contribution is 2.23. The lowest BCUT2D eigenvalue weighted by Gasteiger charge is -2.31. The summed E-state index contributed by atoms with van der Waals surface area (Å²) in [4.78, 5) is 0.256. The fourth-order valence-electron chi connectivity index (χ4n) is 1.89. The molecule has 2 heterocycles. The van der Waals surface area contributed by atoms with Gasteiger partial charge < -0.3 is 0 Å². The summed E-state index contributed by atoms with van der Waals surface area (Å²) in [6.07, 6.45) is 2.95. The summed E-state index contributed by atoms with van der Waals surface area (Å²) in [5.41, 5.74) is 0. The molecule has 2 rings (SSSR count). The van der Waals surface area contributed by atoms with E-state index in [-0.39, 0.29) is 10.9 Å². The Labute approximate surface area is 117 Å². The Balaban J connectivity index is 2.23. The van der Waals surface area contributed by atoms with E-state index >= 15 is 0 Å². The number of aromatic nitrogens is 2. The molecule has 1 aromatic heterocycles. The number of hydrogen-bond acceptors (Lipinski definition) is 4. The minimum absolute atomic E-state index is 0.0325. The average molecular weight is 310 g/mol. The molecule has 0 amide bonds. The third-order valence-corrected chi connectivity index (χ3v) is 6.16. The normalized spacial score (nSPS) is 22.2. The molecule has 18 heavy (non-hydrogen) atoms. The molecule has 0 aromatic carbocycles. The molecule has 0 radical (unpaired) electrons. The van der Waals surface area contributed by atoms with Crippen LogP contribution in [0.4, 0.5) is 0 Å². The van der Waals surface area contributed by atoms with Gasteiger partial charge in [0.1, 0.15) is 4.90 Å². The number of nitrogens with zero attached hydrogens (tertiary/aromatic N) is 3. The van der Waals surface area contributed by atoms with E-state index in [1.807, 2.05) is 6.92 Å². The van der Waals surface area contributed by atoms with Crippen molar-refractivity contribution in [2.45, 2.75) is 24.4 Å². The van der Waals surface area contributed by atoms with Crippen molar-refractivity contribution in [3.05, 3.63) is 12.4 Å². The topological polar surface area (TPSA) is 55.2 Å². The van der Waals surface area contributed by atoms with Crippen molar-refractivity contribution in [3.63, 3.8) is 0 Å². The summed E-state index contributed by atoms with van der Waals surface area (Å²) in [5.74, 6) is 2.10.